The molecule has 0 aromatic heterocycles. The van der Waals surface area contributed by atoms with Crippen LogP contribution >= 0.6 is 0 Å². The van der Waals surface area contributed by atoms with E-state index in [2.05, 4.69) is 42.5 Å². The molecule has 6 heteroatoms. The van der Waals surface area contributed by atoms with Gasteiger partial charge in [-0.3, -0.25) is 4.72 Å². The van der Waals surface area contributed by atoms with Crippen molar-refractivity contribution in [2.45, 2.75) is 52.4 Å². The minimum Gasteiger partial charge on any atom is -0.507 e. The molecule has 2 aromatic rings. The Morgan fingerprint density at radius 1 is 1.00 bits per heavy atom. The molecule has 0 radical (unpaired) electrons. The largest absolute Gasteiger partial charge is 0.507 e. The van der Waals surface area contributed by atoms with Crippen LogP contribution in [0, 0.1) is 32.6 Å². The van der Waals surface area contributed by atoms with Gasteiger partial charge in [-0.15, -0.1) is 0 Å². The molecule has 1 saturated heterocycles. The fraction of sp³-hybridized carbons (Fsp3) is 0.407. The molecular weight excluding hydrogens is 432 g/mol. The lowest BCUT2D eigenvalue weighted by Crippen LogP contribution is -2.22. The van der Waals surface area contributed by atoms with E-state index in [1.54, 1.807) is 12.1 Å². The summed E-state index contributed by atoms with van der Waals surface area (Å²) in [6, 6.07) is 6.83. The molecule has 33 heavy (non-hydrogen) atoms. The molecule has 0 amide bonds. The van der Waals surface area contributed by atoms with Gasteiger partial charge in [0.25, 0.3) is 10.0 Å². The van der Waals surface area contributed by atoms with Crippen molar-refractivity contribution in [1.82, 2.24) is 0 Å². The highest BCUT2D eigenvalue weighted by Crippen LogP contribution is 2.38. The number of aryl methyl sites for hydroxylation is 2. The summed E-state index contributed by atoms with van der Waals surface area (Å²) >= 11 is 0. The predicted molar refractivity (Wildman–Crippen MR) is 136 cm³/mol. The van der Waals surface area contributed by atoms with Gasteiger partial charge >= 0.3 is 0 Å². The van der Waals surface area contributed by atoms with Crippen molar-refractivity contribution in [3.05, 3.63) is 64.7 Å². The van der Waals surface area contributed by atoms with Crippen LogP contribution in [0.2, 0.25) is 0 Å². The SMILES string of the molecule is Cc1cc(C)c(N2CCCC2)c(C)c1NS(=O)(=O)c1cc(C2=CC(C)C(C)C=C2)ccc1O. The molecule has 2 N–H and O–H groups in total. The first kappa shape index (κ1) is 23.4. The number of sulfonamides is 1. The van der Waals surface area contributed by atoms with Crippen molar-refractivity contribution in [3.63, 3.8) is 0 Å². The first-order valence-corrected chi connectivity index (χ1v) is 13.2. The zero-order chi connectivity index (χ0) is 23.9. The molecule has 1 aliphatic carbocycles. The van der Waals surface area contributed by atoms with Gasteiger partial charge in [-0.2, -0.15) is 0 Å². The standard InChI is InChI=1S/C27H34N2O3S/c1-17-8-9-22(15-18(17)2)23-10-11-24(30)25(16-23)33(31,32)28-26-19(3)14-20(4)27(21(26)5)29-12-6-7-13-29/h8-11,14-18,28,30H,6-7,12-13H2,1-5H3. The molecule has 176 valence electrons. The number of aromatic hydroxyl groups is 1. The van der Waals surface area contributed by atoms with E-state index in [0.29, 0.717) is 17.5 Å². The third-order valence-electron chi connectivity index (χ3n) is 7.02. The summed E-state index contributed by atoms with van der Waals surface area (Å²) in [7, 11) is -4.00. The summed E-state index contributed by atoms with van der Waals surface area (Å²) in [4.78, 5) is 2.23. The summed E-state index contributed by atoms with van der Waals surface area (Å²) in [5.74, 6) is 0.544. The van der Waals surface area contributed by atoms with E-state index in [1.807, 2.05) is 26.0 Å². The molecule has 1 aliphatic heterocycles. The Balaban J connectivity index is 1.73. The monoisotopic (exact) mass is 466 g/mol. The van der Waals surface area contributed by atoms with Crippen LogP contribution < -0.4 is 9.62 Å². The van der Waals surface area contributed by atoms with Crippen LogP contribution in [0.25, 0.3) is 5.57 Å². The Kier molecular flexibility index (Phi) is 6.32. The first-order chi connectivity index (χ1) is 15.6. The van der Waals surface area contributed by atoms with Crippen LogP contribution in [0.3, 0.4) is 0 Å². The Bertz CT molecular complexity index is 1240. The van der Waals surface area contributed by atoms with Gasteiger partial charge in [0.1, 0.15) is 10.6 Å². The number of allylic oxidation sites excluding steroid dienone is 4. The predicted octanol–water partition coefficient (Wildman–Crippen LogP) is 5.94. The lowest BCUT2D eigenvalue weighted by molar-refractivity contribution is 0.459. The fourth-order valence-corrected chi connectivity index (χ4v) is 6.29. The first-order valence-electron chi connectivity index (χ1n) is 11.7. The molecule has 1 heterocycles. The number of benzene rings is 2. The third kappa shape index (κ3) is 4.54. The second-order valence-electron chi connectivity index (χ2n) is 9.54. The maximum absolute atomic E-state index is 13.5. The number of phenolic OH excluding ortho intramolecular Hbond substituents is 1. The van der Waals surface area contributed by atoms with Gasteiger partial charge in [0.15, 0.2) is 0 Å². The van der Waals surface area contributed by atoms with Gasteiger partial charge in [0.05, 0.1) is 5.69 Å². The summed E-state index contributed by atoms with van der Waals surface area (Å²) in [6.45, 7) is 12.2. The van der Waals surface area contributed by atoms with E-state index >= 15 is 0 Å². The Morgan fingerprint density at radius 3 is 2.36 bits per heavy atom. The number of rotatable bonds is 5. The molecule has 2 atom stereocenters. The van der Waals surface area contributed by atoms with Crippen LogP contribution in [0.5, 0.6) is 5.75 Å². The van der Waals surface area contributed by atoms with E-state index in [1.165, 1.54) is 6.07 Å². The van der Waals surface area contributed by atoms with Gasteiger partial charge in [-0.25, -0.2) is 8.42 Å². The number of nitrogens with one attached hydrogen (secondary N) is 1. The second-order valence-corrected chi connectivity index (χ2v) is 11.2. The number of phenols is 1. The molecular formula is C27H34N2O3S. The maximum atomic E-state index is 13.5. The van der Waals surface area contributed by atoms with Gasteiger partial charge in [0.2, 0.25) is 0 Å². The lowest BCUT2D eigenvalue weighted by Gasteiger charge is -2.26. The van der Waals surface area contributed by atoms with Crippen molar-refractivity contribution in [2.24, 2.45) is 11.8 Å². The van der Waals surface area contributed by atoms with Crippen molar-refractivity contribution in [2.75, 3.05) is 22.7 Å². The summed E-state index contributed by atoms with van der Waals surface area (Å²) in [5, 5.41) is 10.5. The fourth-order valence-electron chi connectivity index (χ4n) is 4.97. The average Bonchev–Trinajstić information content (AvgIpc) is 3.27. The van der Waals surface area contributed by atoms with Gasteiger partial charge < -0.3 is 10.0 Å². The smallest absolute Gasteiger partial charge is 0.265 e. The summed E-state index contributed by atoms with van der Waals surface area (Å²) in [5.41, 5.74) is 6.39. The topological polar surface area (TPSA) is 69.6 Å². The van der Waals surface area contributed by atoms with E-state index < -0.39 is 10.0 Å². The van der Waals surface area contributed by atoms with Gasteiger partial charge in [-0.1, -0.05) is 44.2 Å². The summed E-state index contributed by atoms with van der Waals surface area (Å²) in [6.07, 6.45) is 8.61. The second kappa shape index (κ2) is 8.90. The van der Waals surface area contributed by atoms with Gasteiger partial charge in [0, 0.05) is 18.8 Å². The normalized spacial score (nSPS) is 20.8. The van der Waals surface area contributed by atoms with E-state index in [-0.39, 0.29) is 10.6 Å². The molecule has 5 nitrogen and oxygen atoms in total. The molecule has 0 spiro atoms. The molecule has 0 saturated carbocycles. The number of hydrogen-bond donors (Lipinski definition) is 2. The molecule has 2 unspecified atom stereocenters. The zero-order valence-corrected chi connectivity index (χ0v) is 21.0. The lowest BCUT2D eigenvalue weighted by atomic mass is 9.86. The Morgan fingerprint density at radius 2 is 1.70 bits per heavy atom. The van der Waals surface area contributed by atoms with E-state index in [0.717, 1.165) is 59.4 Å². The van der Waals surface area contributed by atoms with Crippen LogP contribution in [0.1, 0.15) is 48.9 Å². The zero-order valence-electron chi connectivity index (χ0n) is 20.1. The summed E-state index contributed by atoms with van der Waals surface area (Å²) < 4.78 is 29.7. The highest BCUT2D eigenvalue weighted by molar-refractivity contribution is 7.92. The highest BCUT2D eigenvalue weighted by Gasteiger charge is 2.25. The highest BCUT2D eigenvalue weighted by atomic mass is 32.2. The minimum absolute atomic E-state index is 0.109. The molecule has 1 fully saturated rings. The molecule has 2 aromatic carbocycles. The Hall–Kier alpha value is -2.73. The maximum Gasteiger partial charge on any atom is 0.265 e. The van der Waals surface area contributed by atoms with Crippen LogP contribution in [0.4, 0.5) is 11.4 Å². The van der Waals surface area contributed by atoms with Crippen LogP contribution in [-0.4, -0.2) is 26.6 Å². The Labute approximate surface area is 197 Å². The number of hydrogen-bond acceptors (Lipinski definition) is 4. The van der Waals surface area contributed by atoms with Crippen molar-refractivity contribution in [3.8, 4) is 5.75 Å². The number of anilines is 2. The van der Waals surface area contributed by atoms with Gasteiger partial charge in [-0.05, 0) is 85.4 Å². The number of nitrogens with zero attached hydrogens (tertiary/aromatic N) is 1. The molecule has 0 bridgehead atoms. The molecule has 4 rings (SSSR count). The average molecular weight is 467 g/mol. The van der Waals surface area contributed by atoms with Crippen LogP contribution in [0.15, 0.2) is 47.4 Å². The minimum atomic E-state index is -4.00. The van der Waals surface area contributed by atoms with Crippen molar-refractivity contribution in [1.29, 1.82) is 0 Å². The molecule has 2 aliphatic rings. The van der Waals surface area contributed by atoms with Crippen LogP contribution in [-0.2, 0) is 10.0 Å². The third-order valence-corrected chi connectivity index (χ3v) is 8.40. The quantitative estimate of drug-likeness (QED) is 0.572. The van der Waals surface area contributed by atoms with E-state index in [9.17, 15) is 13.5 Å². The van der Waals surface area contributed by atoms with E-state index in [4.69, 9.17) is 0 Å². The van der Waals surface area contributed by atoms with Crippen molar-refractivity contribution >= 4 is 27.0 Å². The van der Waals surface area contributed by atoms with Crippen molar-refractivity contribution < 1.29 is 13.5 Å².